The maximum absolute atomic E-state index is 14.7. The van der Waals surface area contributed by atoms with Crippen LogP contribution in [0, 0.1) is 40.4 Å². The van der Waals surface area contributed by atoms with Crippen LogP contribution < -0.4 is 0 Å². The van der Waals surface area contributed by atoms with Gasteiger partial charge in [-0.15, -0.1) is 0 Å². The van der Waals surface area contributed by atoms with Gasteiger partial charge >= 0.3 is 0 Å². The second-order valence-corrected chi connectivity index (χ2v) is 13.3. The minimum atomic E-state index is -2.86. The van der Waals surface area contributed by atoms with E-state index >= 15 is 0 Å². The molecule has 0 spiro atoms. The summed E-state index contributed by atoms with van der Waals surface area (Å²) < 4.78 is 0. The molecule has 222 valence electrons. The molecular formula is C33H42O8. The number of phenols is 1. The van der Waals surface area contributed by atoms with Crippen molar-refractivity contribution in [3.05, 3.63) is 29.3 Å². The molecule has 0 aliphatic heterocycles. The van der Waals surface area contributed by atoms with Gasteiger partial charge in [0.1, 0.15) is 23.2 Å². The van der Waals surface area contributed by atoms with Crippen LogP contribution >= 0.6 is 0 Å². The molecule has 2 N–H and O–H groups in total. The smallest absolute Gasteiger partial charge is 0.190 e. The highest BCUT2D eigenvalue weighted by Crippen LogP contribution is 2.70. The van der Waals surface area contributed by atoms with E-state index in [2.05, 4.69) is 6.92 Å². The van der Waals surface area contributed by atoms with Crippen molar-refractivity contribution in [2.45, 2.75) is 92.1 Å². The Hall–Kier alpha value is -3.00. The number of Topliss-reactive ketones (excluding diaryl/α,β-unsaturated/α-hetero) is 6. The van der Waals surface area contributed by atoms with Gasteiger partial charge in [0.15, 0.2) is 28.7 Å². The topological polar surface area (TPSA) is 143 Å². The summed E-state index contributed by atoms with van der Waals surface area (Å²) in [5.74, 6) is -11.4. The van der Waals surface area contributed by atoms with Crippen molar-refractivity contribution >= 4 is 34.7 Å². The van der Waals surface area contributed by atoms with E-state index in [1.165, 1.54) is 19.9 Å². The average molecular weight is 567 g/mol. The van der Waals surface area contributed by atoms with Crippen LogP contribution in [0.15, 0.2) is 18.2 Å². The number of carbonyl (C=O) groups excluding carboxylic acids is 6. The van der Waals surface area contributed by atoms with E-state index in [0.717, 1.165) is 26.2 Å². The molecule has 0 heterocycles. The summed E-state index contributed by atoms with van der Waals surface area (Å²) in [6.07, 6.45) is 2.88. The van der Waals surface area contributed by atoms with Gasteiger partial charge in [0.25, 0.3) is 0 Å². The van der Waals surface area contributed by atoms with E-state index in [4.69, 9.17) is 0 Å². The quantitative estimate of drug-likeness (QED) is 0.348. The second-order valence-electron chi connectivity index (χ2n) is 13.3. The van der Waals surface area contributed by atoms with Crippen LogP contribution in [0.3, 0.4) is 0 Å². The summed E-state index contributed by atoms with van der Waals surface area (Å²) in [6, 6.07) is 4.77. The second kappa shape index (κ2) is 10.4. The molecule has 0 bridgehead atoms. The lowest BCUT2D eigenvalue weighted by Gasteiger charge is -2.67. The largest absolute Gasteiger partial charge is 0.507 e. The third-order valence-corrected chi connectivity index (χ3v) is 10.7. The van der Waals surface area contributed by atoms with Gasteiger partial charge in [0.2, 0.25) is 0 Å². The molecule has 41 heavy (non-hydrogen) atoms. The van der Waals surface area contributed by atoms with E-state index in [1.807, 2.05) is 0 Å². The zero-order chi connectivity index (χ0) is 30.8. The van der Waals surface area contributed by atoms with Crippen molar-refractivity contribution in [2.24, 2.45) is 40.4 Å². The van der Waals surface area contributed by atoms with Gasteiger partial charge in [0.05, 0.1) is 11.5 Å². The van der Waals surface area contributed by atoms with Gasteiger partial charge in [-0.1, -0.05) is 66.0 Å². The van der Waals surface area contributed by atoms with Gasteiger partial charge in [-0.05, 0) is 55.1 Å². The maximum Gasteiger partial charge on any atom is 0.190 e. The molecule has 0 aromatic heterocycles. The van der Waals surface area contributed by atoms with Crippen LogP contribution in [0.1, 0.15) is 102 Å². The summed E-state index contributed by atoms with van der Waals surface area (Å²) in [5.41, 5.74) is -5.35. The fourth-order valence-electron chi connectivity index (χ4n) is 9.13. The fourth-order valence-corrected chi connectivity index (χ4v) is 9.13. The van der Waals surface area contributed by atoms with Crippen molar-refractivity contribution in [2.75, 3.05) is 0 Å². The lowest BCUT2D eigenvalue weighted by molar-refractivity contribution is -0.226. The highest BCUT2D eigenvalue weighted by atomic mass is 16.3. The lowest BCUT2D eigenvalue weighted by atomic mass is 9.33. The van der Waals surface area contributed by atoms with E-state index in [9.17, 15) is 39.0 Å². The summed E-state index contributed by atoms with van der Waals surface area (Å²) in [7, 11) is 0. The molecule has 3 aliphatic rings. The summed E-state index contributed by atoms with van der Waals surface area (Å²) in [6.45, 7) is 11.3. The van der Waals surface area contributed by atoms with Gasteiger partial charge in [-0.2, -0.15) is 0 Å². The Morgan fingerprint density at radius 2 is 1.63 bits per heavy atom. The van der Waals surface area contributed by atoms with Crippen molar-refractivity contribution in [3.63, 3.8) is 0 Å². The number of aliphatic hydroxyl groups is 1. The summed E-state index contributed by atoms with van der Waals surface area (Å²) in [5, 5.41) is 23.3. The molecule has 0 radical (unpaired) electrons. The number of hydrogen-bond donors (Lipinski definition) is 2. The van der Waals surface area contributed by atoms with Crippen molar-refractivity contribution in [1.29, 1.82) is 0 Å². The zero-order valence-corrected chi connectivity index (χ0v) is 25.1. The number of hydrogen-bond acceptors (Lipinski definition) is 8. The van der Waals surface area contributed by atoms with Gasteiger partial charge in [0, 0.05) is 17.8 Å². The number of benzene rings is 1. The van der Waals surface area contributed by atoms with Crippen molar-refractivity contribution < 1.29 is 39.0 Å². The van der Waals surface area contributed by atoms with Gasteiger partial charge in [-0.3, -0.25) is 24.0 Å². The molecule has 0 saturated heterocycles. The van der Waals surface area contributed by atoms with Crippen LogP contribution in [0.4, 0.5) is 0 Å². The third kappa shape index (κ3) is 3.96. The first kappa shape index (κ1) is 30.9. The number of carbonyl (C=O) groups is 6. The van der Waals surface area contributed by atoms with E-state index in [0.29, 0.717) is 12.0 Å². The number of aromatic hydroxyl groups is 1. The van der Waals surface area contributed by atoms with Crippen molar-refractivity contribution in [1.82, 2.24) is 0 Å². The molecule has 3 aliphatic carbocycles. The molecule has 2 fully saturated rings. The van der Waals surface area contributed by atoms with Crippen LogP contribution in [0.2, 0.25) is 0 Å². The first-order valence-corrected chi connectivity index (χ1v) is 14.7. The maximum atomic E-state index is 14.7. The predicted octanol–water partition coefficient (Wildman–Crippen LogP) is 4.42. The average Bonchev–Trinajstić information content (AvgIpc) is 2.86. The standard InChI is InChI=1S/C33H42O8/c1-8-9-10-13-20-19-12-11-14-21(36)24(19)28(38)26-30(40)33(41)29(39)23(18(5)35)27(37)25(16(2)3)32(33,7)22(15-17(4)34)31(20,26)6/h11-12,14,16,20,22-23,25-26,36,41H,8-10,13,15H2,1-7H3/t20-,22-,23?,25?,26?,31-,32-,33+/m1/s1. The molecule has 0 amide bonds. The normalized spacial score (nSPS) is 36.6. The third-order valence-electron chi connectivity index (χ3n) is 10.7. The molecular weight excluding hydrogens is 524 g/mol. The Morgan fingerprint density at radius 3 is 2.17 bits per heavy atom. The number of fused-ring (bicyclic) bond motifs is 3. The first-order valence-electron chi connectivity index (χ1n) is 14.7. The Morgan fingerprint density at radius 1 is 1.00 bits per heavy atom. The molecule has 1 aromatic carbocycles. The molecule has 8 nitrogen and oxygen atoms in total. The fraction of sp³-hybridized carbons (Fsp3) is 0.636. The number of unbranched alkanes of at least 4 members (excludes halogenated alkanes) is 2. The summed E-state index contributed by atoms with van der Waals surface area (Å²) in [4.78, 5) is 82.7. The predicted molar refractivity (Wildman–Crippen MR) is 150 cm³/mol. The SMILES string of the molecule is CCCCC[C@@H]1c2cccc(O)c2C(=O)C2C(=O)[C@@]3(O)C(=O)C(C(C)=O)C(=O)C(C(C)C)[C@@]3(C)[C@H](CC(C)=O)[C@]21C. The monoisotopic (exact) mass is 566 g/mol. The molecule has 2 saturated carbocycles. The lowest BCUT2D eigenvalue weighted by Crippen LogP contribution is -2.80. The van der Waals surface area contributed by atoms with Crippen molar-refractivity contribution in [3.8, 4) is 5.75 Å². The molecule has 8 atom stereocenters. The zero-order valence-electron chi connectivity index (χ0n) is 25.1. The van der Waals surface area contributed by atoms with E-state index in [-0.39, 0.29) is 23.5 Å². The van der Waals surface area contributed by atoms with Crippen LogP contribution in [0.25, 0.3) is 0 Å². The minimum Gasteiger partial charge on any atom is -0.507 e. The Kier molecular flexibility index (Phi) is 7.83. The minimum absolute atomic E-state index is 0.0125. The van der Waals surface area contributed by atoms with Gasteiger partial charge < -0.3 is 15.0 Å². The van der Waals surface area contributed by atoms with Crippen LogP contribution in [0.5, 0.6) is 5.75 Å². The Balaban J connectivity index is 2.14. The first-order chi connectivity index (χ1) is 19.0. The van der Waals surface area contributed by atoms with Crippen LogP contribution in [-0.2, 0) is 24.0 Å². The number of rotatable bonds is 8. The van der Waals surface area contributed by atoms with Crippen LogP contribution in [-0.4, -0.2) is 50.5 Å². The molecule has 3 unspecified atom stereocenters. The number of phenolic OH excluding ortho intramolecular Hbond substituents is 1. The highest BCUT2D eigenvalue weighted by Gasteiger charge is 2.80. The number of ketones is 6. The van der Waals surface area contributed by atoms with E-state index in [1.54, 1.807) is 32.9 Å². The molecule has 1 aromatic rings. The molecule has 4 rings (SSSR count). The Bertz CT molecular complexity index is 1340. The van der Waals surface area contributed by atoms with Gasteiger partial charge in [-0.25, -0.2) is 0 Å². The Labute approximate surface area is 241 Å². The highest BCUT2D eigenvalue weighted by molar-refractivity contribution is 6.32. The van der Waals surface area contributed by atoms with E-state index < -0.39 is 80.9 Å². The molecule has 8 heteroatoms. The summed E-state index contributed by atoms with van der Waals surface area (Å²) >= 11 is 0.